The monoisotopic (exact) mass is 402 g/mol. The van der Waals surface area contributed by atoms with Gasteiger partial charge in [0.15, 0.2) is 0 Å². The van der Waals surface area contributed by atoms with Crippen LogP contribution in [0.3, 0.4) is 0 Å². The summed E-state index contributed by atoms with van der Waals surface area (Å²) in [5, 5.41) is 2.97. The number of fused-ring (bicyclic) bond motifs is 1. The van der Waals surface area contributed by atoms with Gasteiger partial charge in [-0.2, -0.15) is 0 Å². The molecule has 0 saturated carbocycles. The standard InChI is InChI=1S/C25H26N2O3/c1-25(18-10-4-2-5-11-18,19-12-6-3-7-13-19)17-26-22(28)16-27-23(29)20-14-8-9-15-21(20)24(27)30/h2-13,20-21H,14-17H2,1H3,(H,26,28). The van der Waals surface area contributed by atoms with Gasteiger partial charge in [0.1, 0.15) is 6.54 Å². The van der Waals surface area contributed by atoms with Crippen LogP contribution in [-0.4, -0.2) is 35.7 Å². The first-order valence-electron chi connectivity index (χ1n) is 10.4. The number of amides is 3. The molecule has 1 aliphatic carbocycles. The first-order valence-corrected chi connectivity index (χ1v) is 10.4. The molecule has 5 heteroatoms. The number of carbonyl (C=O) groups is 3. The topological polar surface area (TPSA) is 66.5 Å². The van der Waals surface area contributed by atoms with Crippen LogP contribution in [0.4, 0.5) is 0 Å². The number of likely N-dealkylation sites (tertiary alicyclic amines) is 1. The van der Waals surface area contributed by atoms with E-state index in [1.165, 1.54) is 0 Å². The van der Waals surface area contributed by atoms with E-state index in [1.54, 1.807) is 0 Å². The molecule has 1 fully saturated rings. The number of nitrogens with one attached hydrogen (secondary N) is 1. The molecule has 0 aromatic heterocycles. The van der Waals surface area contributed by atoms with Gasteiger partial charge in [0.2, 0.25) is 17.7 Å². The third-order valence-electron chi connectivity index (χ3n) is 6.36. The maximum Gasteiger partial charge on any atom is 0.240 e. The maximum atomic E-state index is 12.7. The van der Waals surface area contributed by atoms with Gasteiger partial charge < -0.3 is 5.32 Å². The van der Waals surface area contributed by atoms with Gasteiger partial charge in [0.25, 0.3) is 0 Å². The summed E-state index contributed by atoms with van der Waals surface area (Å²) in [6, 6.07) is 20.0. The molecule has 5 nitrogen and oxygen atoms in total. The van der Waals surface area contributed by atoms with Gasteiger partial charge in [-0.1, -0.05) is 72.8 Å². The van der Waals surface area contributed by atoms with E-state index >= 15 is 0 Å². The summed E-state index contributed by atoms with van der Waals surface area (Å²) in [5.41, 5.74) is 1.73. The molecule has 1 aliphatic heterocycles. The fourth-order valence-corrected chi connectivity index (χ4v) is 4.48. The highest BCUT2D eigenvalue weighted by Gasteiger charge is 2.47. The van der Waals surface area contributed by atoms with Crippen LogP contribution >= 0.6 is 0 Å². The van der Waals surface area contributed by atoms with Crippen LogP contribution in [0, 0.1) is 11.8 Å². The number of benzene rings is 2. The van der Waals surface area contributed by atoms with Crippen LogP contribution in [0.1, 0.15) is 30.9 Å². The first kappa shape index (κ1) is 20.1. The van der Waals surface area contributed by atoms with Crippen molar-refractivity contribution in [3.63, 3.8) is 0 Å². The summed E-state index contributed by atoms with van der Waals surface area (Å²) in [5.74, 6) is -1.39. The van der Waals surface area contributed by atoms with Crippen LogP contribution in [0.5, 0.6) is 0 Å². The highest BCUT2D eigenvalue weighted by Crippen LogP contribution is 2.35. The Labute approximate surface area is 176 Å². The van der Waals surface area contributed by atoms with Gasteiger partial charge in [-0.3, -0.25) is 19.3 Å². The van der Waals surface area contributed by atoms with Gasteiger partial charge >= 0.3 is 0 Å². The van der Waals surface area contributed by atoms with E-state index in [0.717, 1.165) is 16.0 Å². The van der Waals surface area contributed by atoms with E-state index < -0.39 is 5.41 Å². The van der Waals surface area contributed by atoms with Gasteiger partial charge in [0, 0.05) is 12.0 Å². The largest absolute Gasteiger partial charge is 0.353 e. The molecule has 2 atom stereocenters. The van der Waals surface area contributed by atoms with Gasteiger partial charge in [0.05, 0.1) is 11.8 Å². The number of carbonyl (C=O) groups excluding carboxylic acids is 3. The van der Waals surface area contributed by atoms with E-state index in [4.69, 9.17) is 0 Å². The lowest BCUT2D eigenvalue weighted by Gasteiger charge is -2.31. The third kappa shape index (κ3) is 3.67. The van der Waals surface area contributed by atoms with Crippen molar-refractivity contribution < 1.29 is 14.4 Å². The minimum atomic E-state index is -0.435. The van der Waals surface area contributed by atoms with Gasteiger partial charge in [-0.25, -0.2) is 0 Å². The highest BCUT2D eigenvalue weighted by molar-refractivity contribution is 6.07. The molecule has 2 aromatic rings. The molecule has 1 heterocycles. The SMILES string of the molecule is CC(CNC(=O)CN1C(=O)C2CC=CCC2C1=O)(c1ccccc1)c1ccccc1. The van der Waals surface area contributed by atoms with E-state index in [9.17, 15) is 14.4 Å². The lowest BCUT2D eigenvalue weighted by atomic mass is 9.76. The number of nitrogens with zero attached hydrogens (tertiary/aromatic N) is 1. The second-order valence-electron chi connectivity index (χ2n) is 8.26. The Morgan fingerprint density at radius 1 is 0.900 bits per heavy atom. The normalized spacial score (nSPS) is 20.9. The van der Waals surface area contributed by atoms with Gasteiger partial charge in [-0.15, -0.1) is 0 Å². The van der Waals surface area contributed by atoms with Crippen LogP contribution in [0.15, 0.2) is 72.8 Å². The van der Waals surface area contributed by atoms with Crippen molar-refractivity contribution >= 4 is 17.7 Å². The second kappa shape index (κ2) is 8.27. The molecular formula is C25H26N2O3. The number of imide groups is 1. The Kier molecular flexibility index (Phi) is 5.53. The molecule has 2 aliphatic rings. The molecule has 0 radical (unpaired) electrons. The van der Waals surface area contributed by atoms with Crippen LogP contribution < -0.4 is 5.32 Å². The number of rotatable bonds is 6. The van der Waals surface area contributed by atoms with Crippen molar-refractivity contribution in [3.05, 3.63) is 83.9 Å². The predicted molar refractivity (Wildman–Crippen MR) is 114 cm³/mol. The van der Waals surface area contributed by atoms with Crippen LogP contribution in [0.2, 0.25) is 0 Å². The van der Waals surface area contributed by atoms with Crippen molar-refractivity contribution in [2.24, 2.45) is 11.8 Å². The molecule has 2 unspecified atom stereocenters. The molecule has 2 aromatic carbocycles. The molecular weight excluding hydrogens is 376 g/mol. The zero-order valence-corrected chi connectivity index (χ0v) is 17.1. The van der Waals surface area contributed by atoms with Crippen molar-refractivity contribution in [2.75, 3.05) is 13.1 Å². The fourth-order valence-electron chi connectivity index (χ4n) is 4.48. The lowest BCUT2D eigenvalue weighted by molar-refractivity contribution is -0.143. The summed E-state index contributed by atoms with van der Waals surface area (Å²) in [6.45, 7) is 2.24. The Morgan fingerprint density at radius 3 is 1.83 bits per heavy atom. The summed E-state index contributed by atoms with van der Waals surface area (Å²) in [6.07, 6.45) is 5.04. The number of allylic oxidation sites excluding steroid dienone is 2. The molecule has 30 heavy (non-hydrogen) atoms. The summed E-state index contributed by atoms with van der Waals surface area (Å²) < 4.78 is 0. The van der Waals surface area contributed by atoms with E-state index in [2.05, 4.69) is 12.2 Å². The van der Waals surface area contributed by atoms with Crippen molar-refractivity contribution in [3.8, 4) is 0 Å². The Balaban J connectivity index is 1.47. The van der Waals surface area contributed by atoms with E-state index in [0.29, 0.717) is 19.4 Å². The number of hydrogen-bond donors (Lipinski definition) is 1. The Bertz CT molecular complexity index is 903. The second-order valence-corrected chi connectivity index (χ2v) is 8.26. The summed E-state index contributed by atoms with van der Waals surface area (Å²) in [4.78, 5) is 39.1. The van der Waals surface area contributed by atoms with Crippen molar-refractivity contribution in [1.29, 1.82) is 0 Å². The highest BCUT2D eigenvalue weighted by atomic mass is 16.2. The quantitative estimate of drug-likeness (QED) is 0.597. The smallest absolute Gasteiger partial charge is 0.240 e. The van der Waals surface area contributed by atoms with Crippen molar-refractivity contribution in [2.45, 2.75) is 25.2 Å². The zero-order valence-electron chi connectivity index (χ0n) is 17.1. The Hall–Kier alpha value is -3.21. The molecule has 0 bridgehead atoms. The molecule has 0 spiro atoms. The summed E-state index contributed by atoms with van der Waals surface area (Å²) in [7, 11) is 0. The van der Waals surface area contributed by atoms with E-state index in [1.807, 2.05) is 72.8 Å². The van der Waals surface area contributed by atoms with Crippen molar-refractivity contribution in [1.82, 2.24) is 10.2 Å². The minimum absolute atomic E-state index is 0.218. The average molecular weight is 402 g/mol. The molecule has 1 N–H and O–H groups in total. The Morgan fingerprint density at radius 2 is 1.37 bits per heavy atom. The van der Waals surface area contributed by atoms with Crippen LogP contribution in [-0.2, 0) is 19.8 Å². The zero-order chi connectivity index (χ0) is 21.1. The van der Waals surface area contributed by atoms with Gasteiger partial charge in [-0.05, 0) is 30.9 Å². The molecule has 3 amide bonds. The third-order valence-corrected chi connectivity index (χ3v) is 6.36. The first-order chi connectivity index (χ1) is 14.5. The maximum absolute atomic E-state index is 12.7. The molecule has 154 valence electrons. The molecule has 4 rings (SSSR count). The van der Waals surface area contributed by atoms with Crippen LogP contribution in [0.25, 0.3) is 0 Å². The molecule has 1 saturated heterocycles. The fraction of sp³-hybridized carbons (Fsp3) is 0.320. The lowest BCUT2D eigenvalue weighted by Crippen LogP contribution is -2.45. The van der Waals surface area contributed by atoms with E-state index in [-0.39, 0.29) is 36.1 Å². The minimum Gasteiger partial charge on any atom is -0.353 e. The number of hydrogen-bond acceptors (Lipinski definition) is 3. The average Bonchev–Trinajstić information content (AvgIpc) is 3.04. The summed E-state index contributed by atoms with van der Waals surface area (Å²) >= 11 is 0. The predicted octanol–water partition coefficient (Wildman–Crippen LogP) is 3.06.